The molecule has 5 heteroatoms. The van der Waals surface area contributed by atoms with E-state index < -0.39 is 0 Å². The highest BCUT2D eigenvalue weighted by Crippen LogP contribution is 2.13. The third-order valence-electron chi connectivity index (χ3n) is 2.51. The Morgan fingerprint density at radius 1 is 1.41 bits per heavy atom. The molecule has 0 radical (unpaired) electrons. The van der Waals surface area contributed by atoms with Crippen molar-refractivity contribution >= 4 is 11.6 Å². The predicted octanol–water partition coefficient (Wildman–Crippen LogP) is 1.78. The summed E-state index contributed by atoms with van der Waals surface area (Å²) in [6.07, 6.45) is 4.33. The van der Waals surface area contributed by atoms with E-state index in [1.807, 2.05) is 0 Å². The van der Waals surface area contributed by atoms with Crippen molar-refractivity contribution in [2.24, 2.45) is 7.05 Å². The molecule has 2 rings (SSSR count). The van der Waals surface area contributed by atoms with Gasteiger partial charge in [-0.2, -0.15) is 5.10 Å². The number of aryl methyl sites for hydroxylation is 2. The summed E-state index contributed by atoms with van der Waals surface area (Å²) in [6, 6.07) is 1.58. The third-order valence-corrected chi connectivity index (χ3v) is 2.51. The Hall–Kier alpha value is -2.17. The van der Waals surface area contributed by atoms with Crippen molar-refractivity contribution in [3.63, 3.8) is 0 Å². The summed E-state index contributed by atoms with van der Waals surface area (Å²) in [5.41, 5.74) is 0.907. The lowest BCUT2D eigenvalue weighted by Gasteiger charge is -1.97. The van der Waals surface area contributed by atoms with Gasteiger partial charge in [0, 0.05) is 13.2 Å². The van der Waals surface area contributed by atoms with Crippen molar-refractivity contribution in [2.75, 3.05) is 0 Å². The van der Waals surface area contributed by atoms with E-state index in [2.05, 4.69) is 5.10 Å². The molecule has 5 nitrogen and oxygen atoms in total. The van der Waals surface area contributed by atoms with Crippen molar-refractivity contribution in [1.29, 1.82) is 0 Å². The molecule has 17 heavy (non-hydrogen) atoms. The molecular weight excluding hydrogens is 220 g/mol. The Kier molecular flexibility index (Phi) is 2.91. The largest absolute Gasteiger partial charge is 0.469 e. The van der Waals surface area contributed by atoms with Crippen LogP contribution in [0, 0.1) is 6.92 Å². The molecule has 0 aliphatic heterocycles. The second-order valence-corrected chi connectivity index (χ2v) is 3.82. The van der Waals surface area contributed by atoms with Crippen molar-refractivity contribution in [2.45, 2.75) is 13.3 Å². The van der Waals surface area contributed by atoms with Crippen molar-refractivity contribution in [1.82, 2.24) is 9.78 Å². The second-order valence-electron chi connectivity index (χ2n) is 3.82. The van der Waals surface area contributed by atoms with Crippen LogP contribution in [-0.4, -0.2) is 21.3 Å². The lowest BCUT2D eigenvalue weighted by molar-refractivity contribution is 0.0893. The highest BCUT2D eigenvalue weighted by Gasteiger charge is 2.17. The SMILES string of the molecule is Cc1occc1C(=O)CC(=O)c1cnn(C)c1. The number of nitrogens with zero attached hydrogens (tertiary/aromatic N) is 2. The summed E-state index contributed by atoms with van der Waals surface area (Å²) in [4.78, 5) is 23.6. The molecule has 0 spiro atoms. The Bertz CT molecular complexity index is 566. The summed E-state index contributed by atoms with van der Waals surface area (Å²) >= 11 is 0. The lowest BCUT2D eigenvalue weighted by atomic mass is 10.0. The highest BCUT2D eigenvalue weighted by atomic mass is 16.3. The van der Waals surface area contributed by atoms with Gasteiger partial charge in [-0.3, -0.25) is 14.3 Å². The molecule has 2 aromatic rings. The number of hydrogen-bond acceptors (Lipinski definition) is 4. The molecule has 0 amide bonds. The van der Waals surface area contributed by atoms with E-state index in [-0.39, 0.29) is 18.0 Å². The zero-order chi connectivity index (χ0) is 12.4. The fourth-order valence-electron chi connectivity index (χ4n) is 1.58. The molecule has 0 N–H and O–H groups in total. The molecule has 0 fully saturated rings. The maximum absolute atomic E-state index is 11.8. The van der Waals surface area contributed by atoms with Crippen LogP contribution in [0.4, 0.5) is 0 Å². The van der Waals surface area contributed by atoms with Crippen LogP contribution in [0.5, 0.6) is 0 Å². The maximum Gasteiger partial charge on any atom is 0.174 e. The maximum atomic E-state index is 11.8. The van der Waals surface area contributed by atoms with Crippen molar-refractivity contribution in [3.8, 4) is 0 Å². The number of carbonyl (C=O) groups excluding carboxylic acids is 2. The minimum absolute atomic E-state index is 0.161. The monoisotopic (exact) mass is 232 g/mol. The van der Waals surface area contributed by atoms with Gasteiger partial charge in [0.05, 0.1) is 30.0 Å². The number of carbonyl (C=O) groups is 2. The van der Waals surface area contributed by atoms with Gasteiger partial charge in [-0.05, 0) is 13.0 Å². The summed E-state index contributed by atoms with van der Waals surface area (Å²) in [6.45, 7) is 1.70. The number of aromatic nitrogens is 2. The third kappa shape index (κ3) is 2.33. The van der Waals surface area contributed by atoms with Gasteiger partial charge in [-0.1, -0.05) is 0 Å². The van der Waals surface area contributed by atoms with Gasteiger partial charge in [-0.15, -0.1) is 0 Å². The molecule has 0 saturated heterocycles. The first-order chi connectivity index (χ1) is 8.08. The fraction of sp³-hybridized carbons (Fsp3) is 0.250. The molecule has 0 bridgehead atoms. The lowest BCUT2D eigenvalue weighted by Crippen LogP contribution is -2.08. The van der Waals surface area contributed by atoms with Gasteiger partial charge >= 0.3 is 0 Å². The molecule has 0 aliphatic carbocycles. The molecular formula is C12H12N2O3. The smallest absolute Gasteiger partial charge is 0.174 e. The molecule has 0 aliphatic rings. The Balaban J connectivity index is 2.10. The van der Waals surface area contributed by atoms with Crippen LogP contribution in [-0.2, 0) is 7.05 Å². The predicted molar refractivity (Wildman–Crippen MR) is 59.9 cm³/mol. The highest BCUT2D eigenvalue weighted by molar-refractivity contribution is 6.13. The Morgan fingerprint density at radius 3 is 2.71 bits per heavy atom. The second kappa shape index (κ2) is 4.37. The molecule has 0 unspecified atom stereocenters. The van der Waals surface area contributed by atoms with E-state index >= 15 is 0 Å². The van der Waals surface area contributed by atoms with Crippen LogP contribution in [0.1, 0.15) is 32.9 Å². The minimum Gasteiger partial charge on any atom is -0.469 e. The number of hydrogen-bond donors (Lipinski definition) is 0. The quantitative estimate of drug-likeness (QED) is 0.595. The summed E-state index contributed by atoms with van der Waals surface area (Å²) in [7, 11) is 1.72. The number of ketones is 2. The van der Waals surface area contributed by atoms with E-state index in [9.17, 15) is 9.59 Å². The van der Waals surface area contributed by atoms with E-state index in [0.717, 1.165) is 0 Å². The standard InChI is InChI=1S/C12H12N2O3/c1-8-10(3-4-17-8)12(16)5-11(15)9-6-13-14(2)7-9/h3-4,6-7H,5H2,1-2H3. The van der Waals surface area contributed by atoms with Crippen LogP contribution in [0.2, 0.25) is 0 Å². The van der Waals surface area contributed by atoms with Crippen LogP contribution in [0.3, 0.4) is 0 Å². The van der Waals surface area contributed by atoms with Gasteiger partial charge in [0.15, 0.2) is 11.6 Å². The van der Waals surface area contributed by atoms with Crippen LogP contribution < -0.4 is 0 Å². The first kappa shape index (κ1) is 11.3. The van der Waals surface area contributed by atoms with Gasteiger partial charge in [0.2, 0.25) is 0 Å². The normalized spacial score (nSPS) is 10.5. The number of rotatable bonds is 4. The molecule has 0 saturated carbocycles. The first-order valence-corrected chi connectivity index (χ1v) is 5.17. The van der Waals surface area contributed by atoms with Gasteiger partial charge in [-0.25, -0.2) is 0 Å². The molecule has 88 valence electrons. The Morgan fingerprint density at radius 2 is 2.18 bits per heavy atom. The van der Waals surface area contributed by atoms with Crippen molar-refractivity contribution in [3.05, 3.63) is 41.6 Å². The fourth-order valence-corrected chi connectivity index (χ4v) is 1.58. The zero-order valence-electron chi connectivity index (χ0n) is 9.64. The van der Waals surface area contributed by atoms with Crippen LogP contribution in [0.15, 0.2) is 29.1 Å². The molecule has 2 heterocycles. The number of Topliss-reactive ketones (excluding diaryl/α,β-unsaturated/α-hetero) is 2. The first-order valence-electron chi connectivity index (χ1n) is 5.17. The van der Waals surface area contributed by atoms with Gasteiger partial charge in [0.25, 0.3) is 0 Å². The van der Waals surface area contributed by atoms with Crippen LogP contribution >= 0.6 is 0 Å². The van der Waals surface area contributed by atoms with Crippen molar-refractivity contribution < 1.29 is 14.0 Å². The summed E-state index contributed by atoms with van der Waals surface area (Å²) in [5.74, 6) is 0.0720. The van der Waals surface area contributed by atoms with E-state index in [0.29, 0.717) is 16.9 Å². The van der Waals surface area contributed by atoms with Gasteiger partial charge < -0.3 is 4.42 Å². The summed E-state index contributed by atoms with van der Waals surface area (Å²) < 4.78 is 6.56. The van der Waals surface area contributed by atoms with E-state index in [1.165, 1.54) is 17.1 Å². The topological polar surface area (TPSA) is 65.1 Å². The van der Waals surface area contributed by atoms with Gasteiger partial charge in [0.1, 0.15) is 5.76 Å². The zero-order valence-corrected chi connectivity index (χ0v) is 9.64. The molecule has 0 aromatic carbocycles. The number of furan rings is 1. The Labute approximate surface area is 98.0 Å². The summed E-state index contributed by atoms with van der Waals surface area (Å²) in [5, 5.41) is 3.89. The van der Waals surface area contributed by atoms with E-state index in [4.69, 9.17) is 4.42 Å². The molecule has 0 atom stereocenters. The molecule has 2 aromatic heterocycles. The average molecular weight is 232 g/mol. The minimum atomic E-state index is -0.233. The van der Waals surface area contributed by atoms with Crippen LogP contribution in [0.25, 0.3) is 0 Å². The average Bonchev–Trinajstić information content (AvgIpc) is 2.86. The van der Waals surface area contributed by atoms with E-state index in [1.54, 1.807) is 26.2 Å².